The molecule has 0 fully saturated rings. The second-order valence-corrected chi connectivity index (χ2v) is 10.00. The third-order valence-corrected chi connectivity index (χ3v) is 7.34. The lowest BCUT2D eigenvalue weighted by Crippen LogP contribution is -2.53. The Kier molecular flexibility index (Phi) is 10.7. The highest BCUT2D eigenvalue weighted by Gasteiger charge is 2.39. The highest BCUT2D eigenvalue weighted by atomic mass is 127. The molecule has 8 nitrogen and oxygen atoms in total. The van der Waals surface area contributed by atoms with E-state index in [0.29, 0.717) is 16.4 Å². The molecule has 0 spiro atoms. The number of aliphatic hydroxyl groups is 1. The summed E-state index contributed by atoms with van der Waals surface area (Å²) < 4.78 is 1.22. The van der Waals surface area contributed by atoms with E-state index in [-0.39, 0.29) is 41.2 Å². The highest BCUT2D eigenvalue weighted by Crippen LogP contribution is 2.37. The largest absolute Gasteiger partial charge is 0.388 e. The molecule has 2 unspecified atom stereocenters. The van der Waals surface area contributed by atoms with Crippen molar-refractivity contribution in [2.45, 2.75) is 13.0 Å². The Bertz CT molecular complexity index is 889. The van der Waals surface area contributed by atoms with Crippen LogP contribution in [0, 0.1) is 10.7 Å². The SMILES string of the molecule is C=CCNC(=O)c1c(I)c(NC(N)=O)c(I)c(C(=O)[N+](C)(CC=C)CC(C)O)c1I. The second-order valence-electron chi connectivity index (χ2n) is 6.76. The van der Waals surface area contributed by atoms with Gasteiger partial charge in [0, 0.05) is 10.1 Å². The number of hydrogen-bond donors (Lipinski definition) is 4. The Morgan fingerprint density at radius 2 is 1.70 bits per heavy atom. The zero-order valence-corrected chi connectivity index (χ0v) is 23.1. The number of quaternary nitrogens is 1. The molecule has 1 rings (SSSR count). The zero-order valence-electron chi connectivity index (χ0n) is 16.6. The Balaban J connectivity index is 3.84. The van der Waals surface area contributed by atoms with Crippen LogP contribution < -0.4 is 16.4 Å². The molecule has 4 amide bonds. The van der Waals surface area contributed by atoms with Crippen molar-refractivity contribution >= 4 is 91.3 Å². The Labute approximate surface area is 216 Å². The molecular weight excluding hydrogens is 729 g/mol. The lowest BCUT2D eigenvalue weighted by Gasteiger charge is -2.33. The summed E-state index contributed by atoms with van der Waals surface area (Å²) in [5, 5.41) is 15.2. The fraction of sp³-hybridized carbons (Fsp3) is 0.316. The van der Waals surface area contributed by atoms with Crippen LogP contribution in [0.3, 0.4) is 0 Å². The topological polar surface area (TPSA) is 122 Å². The summed E-state index contributed by atoms with van der Waals surface area (Å²) in [5.41, 5.74) is 6.14. The predicted octanol–water partition coefficient (Wildman–Crippen LogP) is 3.06. The fourth-order valence-corrected chi connectivity index (χ4v) is 7.30. The molecule has 0 saturated carbocycles. The molecule has 164 valence electrons. The van der Waals surface area contributed by atoms with Crippen molar-refractivity contribution in [3.8, 4) is 0 Å². The molecule has 0 aromatic heterocycles. The molecule has 0 saturated heterocycles. The number of nitrogens with one attached hydrogen (secondary N) is 2. The monoisotopic (exact) mass is 753 g/mol. The predicted molar refractivity (Wildman–Crippen MR) is 142 cm³/mol. The number of aliphatic hydroxyl groups excluding tert-OH is 1. The lowest BCUT2D eigenvalue weighted by molar-refractivity contribution is -0.826. The lowest BCUT2D eigenvalue weighted by atomic mass is 10.1. The molecule has 0 heterocycles. The summed E-state index contributed by atoms with van der Waals surface area (Å²) in [6, 6.07) is -0.810. The smallest absolute Gasteiger partial charge is 0.348 e. The van der Waals surface area contributed by atoms with Gasteiger partial charge in [0.2, 0.25) is 0 Å². The maximum Gasteiger partial charge on any atom is 0.348 e. The van der Waals surface area contributed by atoms with E-state index < -0.39 is 18.0 Å². The number of carbonyl (C=O) groups excluding carboxylic acids is 3. The average molecular weight is 753 g/mol. The Morgan fingerprint density at radius 1 is 1.13 bits per heavy atom. The normalized spacial score (nSPS) is 13.7. The van der Waals surface area contributed by atoms with Crippen molar-refractivity contribution in [3.05, 3.63) is 47.1 Å². The molecular formula is C19H24I3N4O4+. The first kappa shape index (κ1) is 27.3. The van der Waals surface area contributed by atoms with Gasteiger partial charge in [0.25, 0.3) is 5.91 Å². The number of nitrogens with two attached hydrogens (primary N) is 1. The van der Waals surface area contributed by atoms with Crippen LogP contribution in [0.1, 0.15) is 27.6 Å². The number of nitrogens with zero attached hydrogens (tertiary/aromatic N) is 1. The van der Waals surface area contributed by atoms with Gasteiger partial charge in [-0.3, -0.25) is 9.28 Å². The Hall–Kier alpha value is -0.780. The number of anilines is 1. The molecule has 0 aliphatic heterocycles. The minimum atomic E-state index is -0.810. The van der Waals surface area contributed by atoms with E-state index in [0.717, 1.165) is 0 Å². The number of likely N-dealkylation sites (N-methyl/N-ethyl adjacent to an activating group) is 1. The maximum atomic E-state index is 13.7. The van der Waals surface area contributed by atoms with E-state index in [1.807, 2.05) is 67.8 Å². The first-order valence-corrected chi connectivity index (χ1v) is 12.0. The summed E-state index contributed by atoms with van der Waals surface area (Å²) in [6.45, 7) is 9.58. The van der Waals surface area contributed by atoms with Crippen molar-refractivity contribution in [1.82, 2.24) is 5.32 Å². The number of hydrogen-bond acceptors (Lipinski definition) is 4. The van der Waals surface area contributed by atoms with Gasteiger partial charge in [0.1, 0.15) is 24.8 Å². The number of halogens is 3. The first-order valence-electron chi connectivity index (χ1n) is 8.75. The van der Waals surface area contributed by atoms with Gasteiger partial charge in [-0.15, -0.1) is 6.58 Å². The second kappa shape index (κ2) is 11.7. The molecule has 1 aromatic carbocycles. The molecule has 0 radical (unpaired) electrons. The Morgan fingerprint density at radius 3 is 2.17 bits per heavy atom. The van der Waals surface area contributed by atoms with Gasteiger partial charge >= 0.3 is 11.9 Å². The number of carbonyl (C=O) groups is 3. The average Bonchev–Trinajstić information content (AvgIpc) is 2.62. The molecule has 0 aliphatic rings. The van der Waals surface area contributed by atoms with Gasteiger partial charge in [-0.1, -0.05) is 12.7 Å². The van der Waals surface area contributed by atoms with Gasteiger partial charge in [0.05, 0.1) is 25.4 Å². The molecule has 0 bridgehead atoms. The van der Waals surface area contributed by atoms with Crippen LogP contribution >= 0.6 is 67.8 Å². The number of benzene rings is 1. The maximum absolute atomic E-state index is 13.7. The summed E-state index contributed by atoms with van der Waals surface area (Å²) in [7, 11) is 1.69. The molecule has 1 aromatic rings. The summed E-state index contributed by atoms with van der Waals surface area (Å²) in [6.07, 6.45) is 2.41. The first-order chi connectivity index (χ1) is 13.9. The summed E-state index contributed by atoms with van der Waals surface area (Å²) >= 11 is 5.88. The van der Waals surface area contributed by atoms with E-state index in [4.69, 9.17) is 5.73 Å². The van der Waals surface area contributed by atoms with Crippen LogP contribution in [0.15, 0.2) is 25.3 Å². The van der Waals surface area contributed by atoms with Crippen molar-refractivity contribution in [1.29, 1.82) is 0 Å². The highest BCUT2D eigenvalue weighted by molar-refractivity contribution is 14.1. The van der Waals surface area contributed by atoms with Gasteiger partial charge in [0.15, 0.2) is 0 Å². The number of rotatable bonds is 9. The van der Waals surface area contributed by atoms with Crippen LogP contribution in [0.2, 0.25) is 0 Å². The summed E-state index contributed by atoms with van der Waals surface area (Å²) in [5.74, 6) is -0.721. The molecule has 0 aliphatic carbocycles. The minimum absolute atomic E-state index is 0.152. The third kappa shape index (κ3) is 6.37. The molecule has 5 N–H and O–H groups in total. The quantitative estimate of drug-likeness (QED) is 0.176. The molecule has 30 heavy (non-hydrogen) atoms. The fourth-order valence-electron chi connectivity index (χ4n) is 2.92. The van der Waals surface area contributed by atoms with Gasteiger partial charge in [-0.2, -0.15) is 0 Å². The van der Waals surface area contributed by atoms with Gasteiger partial charge in [-0.25, -0.2) is 9.59 Å². The molecule has 11 heteroatoms. The zero-order chi connectivity index (χ0) is 23.2. The molecule has 2 atom stereocenters. The number of primary amides is 1. The minimum Gasteiger partial charge on any atom is -0.388 e. The van der Waals surface area contributed by atoms with E-state index in [1.165, 1.54) is 0 Å². The van der Waals surface area contributed by atoms with Crippen LogP contribution in [-0.4, -0.2) is 60.2 Å². The van der Waals surface area contributed by atoms with Crippen molar-refractivity contribution < 1.29 is 24.0 Å². The number of amides is 4. The van der Waals surface area contributed by atoms with Crippen molar-refractivity contribution in [2.75, 3.05) is 32.0 Å². The van der Waals surface area contributed by atoms with Crippen LogP contribution in [-0.2, 0) is 0 Å². The van der Waals surface area contributed by atoms with Crippen molar-refractivity contribution in [2.24, 2.45) is 5.73 Å². The van der Waals surface area contributed by atoms with Gasteiger partial charge < -0.3 is 21.5 Å². The number of urea groups is 1. The van der Waals surface area contributed by atoms with Crippen LogP contribution in [0.5, 0.6) is 0 Å². The summed E-state index contributed by atoms with van der Waals surface area (Å²) in [4.78, 5) is 38.1. The van der Waals surface area contributed by atoms with Crippen LogP contribution in [0.4, 0.5) is 10.5 Å². The van der Waals surface area contributed by atoms with E-state index in [2.05, 4.69) is 23.8 Å². The van der Waals surface area contributed by atoms with Crippen LogP contribution in [0.25, 0.3) is 0 Å². The standard InChI is InChI=1S/C19H23I3N4O4/c1-5-7-24-17(28)11-13(20)12(15(22)16(14(11)21)25-19(23)30)18(29)26(4,8-6-2)9-10(3)27/h5-6,10,27H,1-2,7-9H2,3-4H3,(H3-,23,24,25,28,30)/p+1. The van der Waals surface area contributed by atoms with E-state index in [9.17, 15) is 19.5 Å². The van der Waals surface area contributed by atoms with Gasteiger partial charge in [-0.05, 0) is 80.8 Å². The van der Waals surface area contributed by atoms with E-state index >= 15 is 0 Å². The van der Waals surface area contributed by atoms with Crippen molar-refractivity contribution in [3.63, 3.8) is 0 Å². The third-order valence-electron chi connectivity index (χ3n) is 4.10. The van der Waals surface area contributed by atoms with E-state index in [1.54, 1.807) is 26.1 Å².